The number of hydrogen-bond acceptors (Lipinski definition) is 2. The van der Waals surface area contributed by atoms with Gasteiger partial charge in [0.15, 0.2) is 0 Å². The molecule has 0 fully saturated rings. The number of alkyl halides is 2. The van der Waals surface area contributed by atoms with Crippen LogP contribution >= 0.6 is 11.6 Å². The van der Waals surface area contributed by atoms with Crippen molar-refractivity contribution in [3.05, 3.63) is 53.8 Å². The molecule has 0 radical (unpaired) electrons. The van der Waals surface area contributed by atoms with Gasteiger partial charge in [0.1, 0.15) is 11.4 Å². The molecule has 0 bridgehead atoms. The molecule has 0 saturated carbocycles. The van der Waals surface area contributed by atoms with Crippen LogP contribution in [-0.2, 0) is 0 Å². The van der Waals surface area contributed by atoms with E-state index in [1.54, 1.807) is 34.9 Å². The van der Waals surface area contributed by atoms with Crippen molar-refractivity contribution >= 4 is 17.2 Å². The molecule has 3 nitrogen and oxygen atoms in total. The van der Waals surface area contributed by atoms with Crippen LogP contribution in [0.2, 0.25) is 5.02 Å². The Hall–Kier alpha value is -1.66. The van der Waals surface area contributed by atoms with Crippen LogP contribution in [0.3, 0.4) is 0 Å². The first kappa shape index (κ1) is 15.7. The normalized spacial score (nSPS) is 10.7. The molecule has 0 aliphatic rings. The number of hydrogen-bond donors (Lipinski definition) is 0. The van der Waals surface area contributed by atoms with Gasteiger partial charge in [0, 0.05) is 18.0 Å². The Morgan fingerprint density at radius 2 is 1.76 bits per heavy atom. The van der Waals surface area contributed by atoms with E-state index in [1.807, 2.05) is 6.20 Å². The summed E-state index contributed by atoms with van der Waals surface area (Å²) in [7, 11) is 0. The van der Waals surface area contributed by atoms with Gasteiger partial charge in [-0.05, 0) is 36.4 Å². The Labute approximate surface area is 134 Å². The van der Waals surface area contributed by atoms with Crippen LogP contribution < -0.4 is 21.7 Å². The highest BCUT2D eigenvalue weighted by atomic mass is 79.9. The molecule has 0 saturated heterocycles. The van der Waals surface area contributed by atoms with E-state index in [0.29, 0.717) is 5.02 Å². The number of benzene rings is 1. The monoisotopic (exact) mass is 373 g/mol. The van der Waals surface area contributed by atoms with Crippen LogP contribution in [0.4, 0.5) is 8.78 Å². The summed E-state index contributed by atoms with van der Waals surface area (Å²) in [4.78, 5) is 4.43. The van der Waals surface area contributed by atoms with Gasteiger partial charge in [-0.2, -0.15) is 8.78 Å². The molecular formula is C14H9BrClF2N2O-. The minimum atomic E-state index is -2.82. The molecule has 2 aromatic heterocycles. The van der Waals surface area contributed by atoms with Gasteiger partial charge >= 0.3 is 6.61 Å². The van der Waals surface area contributed by atoms with Gasteiger partial charge in [0.2, 0.25) is 0 Å². The van der Waals surface area contributed by atoms with Crippen molar-refractivity contribution in [2.45, 2.75) is 6.61 Å². The Kier molecular flexibility index (Phi) is 4.80. The maximum atomic E-state index is 12.1. The van der Waals surface area contributed by atoms with Crippen LogP contribution in [0.5, 0.6) is 5.75 Å². The van der Waals surface area contributed by atoms with Gasteiger partial charge in [-0.25, -0.2) is 4.98 Å². The van der Waals surface area contributed by atoms with Gasteiger partial charge in [-0.15, -0.1) is 0 Å². The molecule has 2 heterocycles. The second kappa shape index (κ2) is 6.41. The van der Waals surface area contributed by atoms with E-state index in [1.165, 1.54) is 12.1 Å². The van der Waals surface area contributed by atoms with Crippen molar-refractivity contribution < 1.29 is 30.5 Å². The number of rotatable bonds is 3. The molecule has 1 aromatic carbocycles. The zero-order valence-electron chi connectivity index (χ0n) is 10.5. The van der Waals surface area contributed by atoms with Gasteiger partial charge in [-0.3, -0.25) is 0 Å². The van der Waals surface area contributed by atoms with E-state index in [2.05, 4.69) is 9.72 Å². The average molecular weight is 375 g/mol. The summed E-state index contributed by atoms with van der Waals surface area (Å²) in [5, 5.41) is 0.613. The van der Waals surface area contributed by atoms with Crippen LogP contribution in [-0.4, -0.2) is 16.0 Å². The summed E-state index contributed by atoms with van der Waals surface area (Å²) in [5.74, 6) is 0.121. The lowest BCUT2D eigenvalue weighted by atomic mass is 10.2. The van der Waals surface area contributed by atoms with Crippen molar-refractivity contribution in [3.8, 4) is 17.0 Å². The second-order valence-electron chi connectivity index (χ2n) is 4.14. The largest absolute Gasteiger partial charge is 1.00 e. The number of halogens is 4. The van der Waals surface area contributed by atoms with Crippen LogP contribution in [0.25, 0.3) is 16.9 Å². The fourth-order valence-electron chi connectivity index (χ4n) is 1.91. The van der Waals surface area contributed by atoms with Crippen LogP contribution in [0, 0.1) is 0 Å². The third-order valence-electron chi connectivity index (χ3n) is 2.79. The highest BCUT2D eigenvalue weighted by molar-refractivity contribution is 6.30. The Bertz CT molecular complexity index is 746. The van der Waals surface area contributed by atoms with E-state index in [-0.39, 0.29) is 22.7 Å². The highest BCUT2D eigenvalue weighted by Crippen LogP contribution is 2.23. The molecule has 0 aliphatic heterocycles. The lowest BCUT2D eigenvalue weighted by Gasteiger charge is -2.04. The molecule has 0 spiro atoms. The van der Waals surface area contributed by atoms with Crippen LogP contribution in [0.1, 0.15) is 0 Å². The molecule has 0 atom stereocenters. The number of pyridine rings is 1. The number of aromatic nitrogens is 2. The minimum absolute atomic E-state index is 0. The van der Waals surface area contributed by atoms with Crippen molar-refractivity contribution in [1.29, 1.82) is 0 Å². The van der Waals surface area contributed by atoms with Gasteiger partial charge in [0.25, 0.3) is 0 Å². The number of imidazole rings is 1. The SMILES string of the molecule is FC(F)Oc1ccc(-c2cn3cc(Cl)ccc3n2)cc1.[Br-]. The number of nitrogens with zero attached hydrogens (tertiary/aromatic N) is 2. The fourth-order valence-corrected chi connectivity index (χ4v) is 2.08. The molecule has 3 rings (SSSR count). The Balaban J connectivity index is 0.00000161. The maximum absolute atomic E-state index is 12.1. The van der Waals surface area contributed by atoms with E-state index in [4.69, 9.17) is 11.6 Å². The quantitative estimate of drug-likeness (QED) is 0.690. The van der Waals surface area contributed by atoms with E-state index in [9.17, 15) is 8.78 Å². The van der Waals surface area contributed by atoms with Gasteiger partial charge < -0.3 is 26.1 Å². The molecule has 7 heteroatoms. The molecule has 21 heavy (non-hydrogen) atoms. The van der Waals surface area contributed by atoms with Crippen molar-refractivity contribution in [2.75, 3.05) is 0 Å². The summed E-state index contributed by atoms with van der Waals surface area (Å²) in [5.41, 5.74) is 2.31. The molecule has 110 valence electrons. The third-order valence-corrected chi connectivity index (χ3v) is 3.01. The number of ether oxygens (including phenoxy) is 1. The summed E-state index contributed by atoms with van der Waals surface area (Å²) in [6.07, 6.45) is 3.58. The second-order valence-corrected chi connectivity index (χ2v) is 4.58. The minimum Gasteiger partial charge on any atom is -1.00 e. The first-order valence-corrected chi connectivity index (χ1v) is 6.19. The maximum Gasteiger partial charge on any atom is 0.387 e. The molecular weight excluding hydrogens is 366 g/mol. The Morgan fingerprint density at radius 1 is 1.05 bits per heavy atom. The van der Waals surface area contributed by atoms with E-state index in [0.717, 1.165) is 16.9 Å². The summed E-state index contributed by atoms with van der Waals surface area (Å²) < 4.78 is 30.3. The Morgan fingerprint density at radius 3 is 2.43 bits per heavy atom. The standard InChI is InChI=1S/C14H9ClF2N2O.BrH/c15-10-3-6-13-18-12(8-19(13)7-10)9-1-4-11(5-2-9)20-14(16)17;/h1-8,14H;1H/p-1. The fraction of sp³-hybridized carbons (Fsp3) is 0.0714. The lowest BCUT2D eigenvalue weighted by molar-refractivity contribution is -0.0498. The van der Waals surface area contributed by atoms with Crippen molar-refractivity contribution in [1.82, 2.24) is 9.38 Å². The zero-order valence-corrected chi connectivity index (χ0v) is 12.9. The van der Waals surface area contributed by atoms with E-state index >= 15 is 0 Å². The summed E-state index contributed by atoms with van der Waals surface area (Å²) in [6, 6.07) is 9.90. The predicted octanol–water partition coefficient (Wildman–Crippen LogP) is 1.26. The molecule has 0 N–H and O–H groups in total. The first-order valence-electron chi connectivity index (χ1n) is 5.81. The first-order chi connectivity index (χ1) is 9.61. The summed E-state index contributed by atoms with van der Waals surface area (Å²) in [6.45, 7) is -2.82. The van der Waals surface area contributed by atoms with Gasteiger partial charge in [0.05, 0.1) is 10.7 Å². The predicted molar refractivity (Wildman–Crippen MR) is 72.3 cm³/mol. The molecule has 0 amide bonds. The van der Waals surface area contributed by atoms with Crippen LogP contribution in [0.15, 0.2) is 48.8 Å². The molecule has 0 unspecified atom stereocenters. The molecule has 0 aliphatic carbocycles. The van der Waals surface area contributed by atoms with Crippen molar-refractivity contribution in [3.63, 3.8) is 0 Å². The number of fused-ring (bicyclic) bond motifs is 1. The topological polar surface area (TPSA) is 26.5 Å². The molecule has 3 aromatic rings. The summed E-state index contributed by atoms with van der Waals surface area (Å²) >= 11 is 5.91. The van der Waals surface area contributed by atoms with Gasteiger partial charge in [-0.1, -0.05) is 11.6 Å². The van der Waals surface area contributed by atoms with E-state index < -0.39 is 6.61 Å². The smallest absolute Gasteiger partial charge is 0.387 e. The highest BCUT2D eigenvalue weighted by Gasteiger charge is 2.07. The third kappa shape index (κ3) is 3.51. The average Bonchev–Trinajstić information content (AvgIpc) is 2.81. The lowest BCUT2D eigenvalue weighted by Crippen LogP contribution is -3.00. The zero-order chi connectivity index (χ0) is 14.1. The van der Waals surface area contributed by atoms with Crippen molar-refractivity contribution in [2.24, 2.45) is 0 Å².